The summed E-state index contributed by atoms with van der Waals surface area (Å²) in [6.45, 7) is 4.09. The molecule has 0 amide bonds. The van der Waals surface area contributed by atoms with Gasteiger partial charge in [-0.2, -0.15) is 0 Å². The lowest BCUT2D eigenvalue weighted by Gasteiger charge is -2.24. The van der Waals surface area contributed by atoms with Crippen LogP contribution in [-0.4, -0.2) is 70.1 Å². The van der Waals surface area contributed by atoms with Gasteiger partial charge in [-0.3, -0.25) is 0 Å². The first-order valence-electron chi connectivity index (χ1n) is 18.6. The van der Waals surface area contributed by atoms with E-state index >= 15 is 0 Å². The molecule has 0 radical (unpaired) electrons. The van der Waals surface area contributed by atoms with E-state index in [1.807, 2.05) is 13.0 Å². The average molecular weight is 623 g/mol. The fraction of sp³-hybridized carbons (Fsp3) is 0.919. The molecule has 3 rings (SSSR count). The van der Waals surface area contributed by atoms with Gasteiger partial charge in [-0.05, 0) is 57.9 Å². The lowest BCUT2D eigenvalue weighted by molar-refractivity contribution is -0.139. The van der Waals surface area contributed by atoms with Gasteiger partial charge in [0.25, 0.3) is 0 Å². The zero-order valence-corrected chi connectivity index (χ0v) is 28.1. The van der Waals surface area contributed by atoms with Crippen LogP contribution in [0.2, 0.25) is 0 Å². The van der Waals surface area contributed by atoms with Gasteiger partial charge in [0.2, 0.25) is 0 Å². The van der Waals surface area contributed by atoms with E-state index in [1.165, 1.54) is 70.6 Å². The Bertz CT molecular complexity index is 801. The predicted octanol–water partition coefficient (Wildman–Crippen LogP) is 7.86. The standard InChI is InChI=1S/C37H66O7/c1-3-4-5-6-7-11-14-17-20-31(39)33-22-24-35(43-33)36-25-23-34(44-36)32(40)21-18-15-12-9-8-10-13-16-19-30(38)27-29-26-28(2)42-37(29)41/h26,28,30-36,38-40H,3-25,27H2,1-2H3/t28-,30+,31+,32+,33+,34-,35-,36+/m0/s1. The van der Waals surface area contributed by atoms with Gasteiger partial charge < -0.3 is 29.5 Å². The summed E-state index contributed by atoms with van der Waals surface area (Å²) in [6.07, 6.45) is 26.1. The molecule has 44 heavy (non-hydrogen) atoms. The van der Waals surface area contributed by atoms with Crippen molar-refractivity contribution < 1.29 is 34.3 Å². The fourth-order valence-corrected chi connectivity index (χ4v) is 7.28. The third-order valence-corrected chi connectivity index (χ3v) is 10.0. The minimum Gasteiger partial charge on any atom is -0.455 e. The maximum absolute atomic E-state index is 11.7. The van der Waals surface area contributed by atoms with E-state index in [9.17, 15) is 20.1 Å². The number of carbonyl (C=O) groups is 1. The molecule has 0 saturated carbocycles. The largest absolute Gasteiger partial charge is 0.455 e. The molecular weight excluding hydrogens is 556 g/mol. The second-order valence-electron chi connectivity index (χ2n) is 14.0. The van der Waals surface area contributed by atoms with Crippen LogP contribution in [0.15, 0.2) is 11.6 Å². The second-order valence-corrected chi connectivity index (χ2v) is 14.0. The number of carbonyl (C=O) groups excluding carboxylic acids is 1. The van der Waals surface area contributed by atoms with E-state index in [0.717, 1.165) is 77.0 Å². The predicted molar refractivity (Wildman–Crippen MR) is 175 cm³/mol. The minimum atomic E-state index is -0.463. The maximum atomic E-state index is 11.7. The van der Waals surface area contributed by atoms with E-state index in [0.29, 0.717) is 12.0 Å². The van der Waals surface area contributed by atoms with Gasteiger partial charge in [0.15, 0.2) is 0 Å². The molecule has 0 aliphatic carbocycles. The topological polar surface area (TPSA) is 105 Å². The Labute approximate surface area is 268 Å². The summed E-state index contributed by atoms with van der Waals surface area (Å²) in [6, 6.07) is 0. The van der Waals surface area contributed by atoms with E-state index < -0.39 is 12.2 Å². The first-order chi connectivity index (χ1) is 21.4. The molecule has 0 aromatic rings. The summed E-state index contributed by atoms with van der Waals surface area (Å²) in [4.78, 5) is 11.7. The first-order valence-corrected chi connectivity index (χ1v) is 18.6. The number of cyclic esters (lactones) is 1. The maximum Gasteiger partial charge on any atom is 0.334 e. The van der Waals surface area contributed by atoms with Crippen molar-refractivity contribution in [3.8, 4) is 0 Å². The van der Waals surface area contributed by atoms with Gasteiger partial charge in [-0.1, -0.05) is 110 Å². The number of hydrogen-bond donors (Lipinski definition) is 3. The summed E-state index contributed by atoms with van der Waals surface area (Å²) < 4.78 is 17.7. The van der Waals surface area contributed by atoms with Crippen molar-refractivity contribution in [2.24, 2.45) is 0 Å². The second kappa shape index (κ2) is 21.7. The molecule has 8 atom stereocenters. The van der Waals surface area contributed by atoms with Crippen LogP contribution in [0.25, 0.3) is 0 Å². The van der Waals surface area contributed by atoms with Gasteiger partial charge >= 0.3 is 5.97 Å². The summed E-state index contributed by atoms with van der Waals surface area (Å²) >= 11 is 0. The monoisotopic (exact) mass is 622 g/mol. The highest BCUT2D eigenvalue weighted by Crippen LogP contribution is 2.34. The van der Waals surface area contributed by atoms with Gasteiger partial charge in [0.1, 0.15) is 6.10 Å². The van der Waals surface area contributed by atoms with Crippen molar-refractivity contribution in [1.29, 1.82) is 0 Å². The minimum absolute atomic E-state index is 0.0519. The molecule has 3 aliphatic rings. The summed E-state index contributed by atoms with van der Waals surface area (Å²) in [7, 11) is 0. The molecule has 0 bridgehead atoms. The number of aliphatic hydroxyl groups excluding tert-OH is 3. The Morgan fingerprint density at radius 3 is 1.52 bits per heavy atom. The Morgan fingerprint density at radius 1 is 0.659 bits per heavy atom. The lowest BCUT2D eigenvalue weighted by Crippen LogP contribution is -2.33. The molecule has 256 valence electrons. The number of esters is 1. The van der Waals surface area contributed by atoms with Crippen molar-refractivity contribution in [3.05, 3.63) is 11.6 Å². The third-order valence-electron chi connectivity index (χ3n) is 10.0. The molecule has 7 heteroatoms. The van der Waals surface area contributed by atoms with Crippen molar-refractivity contribution in [1.82, 2.24) is 0 Å². The normalized spacial score (nSPS) is 27.4. The first kappa shape index (κ1) is 37.5. The van der Waals surface area contributed by atoms with Crippen LogP contribution in [0.5, 0.6) is 0 Å². The molecule has 0 aromatic heterocycles. The van der Waals surface area contributed by atoms with Gasteiger partial charge in [-0.25, -0.2) is 4.79 Å². The molecule has 0 aromatic carbocycles. The Balaban J connectivity index is 1.13. The highest BCUT2D eigenvalue weighted by Gasteiger charge is 2.40. The number of aliphatic hydroxyl groups is 3. The highest BCUT2D eigenvalue weighted by molar-refractivity contribution is 5.90. The quantitative estimate of drug-likeness (QED) is 0.0703. The number of hydrogen-bond acceptors (Lipinski definition) is 7. The SMILES string of the molecule is CCCCCCCCCC[C@@H](O)[C@H]1CC[C@@H]([C@H]2CC[C@@H]([C@H](O)CCCCCCCCCC[C@@H](O)CC3=C[C@H](C)OC3=O)O2)O1. The van der Waals surface area contributed by atoms with Gasteiger partial charge in [0.05, 0.1) is 42.7 Å². The average Bonchev–Trinajstić information content (AvgIpc) is 3.75. The Kier molecular flexibility index (Phi) is 18.5. The molecule has 0 unspecified atom stereocenters. The molecule has 0 spiro atoms. The summed E-state index contributed by atoms with van der Waals surface area (Å²) in [5.41, 5.74) is 0.617. The summed E-state index contributed by atoms with van der Waals surface area (Å²) in [5, 5.41) is 31.6. The van der Waals surface area contributed by atoms with Crippen LogP contribution in [0.1, 0.15) is 168 Å². The van der Waals surface area contributed by atoms with Crippen molar-refractivity contribution >= 4 is 5.97 Å². The van der Waals surface area contributed by atoms with Crippen molar-refractivity contribution in [2.45, 2.75) is 217 Å². The van der Waals surface area contributed by atoms with Gasteiger partial charge in [0, 0.05) is 12.0 Å². The van der Waals surface area contributed by atoms with Crippen molar-refractivity contribution in [3.63, 3.8) is 0 Å². The van der Waals surface area contributed by atoms with E-state index in [2.05, 4.69) is 6.92 Å². The van der Waals surface area contributed by atoms with Crippen LogP contribution in [-0.2, 0) is 19.0 Å². The Morgan fingerprint density at radius 2 is 1.09 bits per heavy atom. The fourth-order valence-electron chi connectivity index (χ4n) is 7.28. The molecule has 2 saturated heterocycles. The number of rotatable bonds is 25. The summed E-state index contributed by atoms with van der Waals surface area (Å²) in [5.74, 6) is -0.281. The van der Waals surface area contributed by atoms with E-state index in [4.69, 9.17) is 14.2 Å². The van der Waals surface area contributed by atoms with Crippen molar-refractivity contribution in [2.75, 3.05) is 0 Å². The van der Waals surface area contributed by atoms with E-state index in [-0.39, 0.29) is 42.6 Å². The van der Waals surface area contributed by atoms with E-state index in [1.54, 1.807) is 0 Å². The van der Waals surface area contributed by atoms with Crippen LogP contribution >= 0.6 is 0 Å². The van der Waals surface area contributed by atoms with Crippen LogP contribution in [0, 0.1) is 0 Å². The van der Waals surface area contributed by atoms with Crippen LogP contribution < -0.4 is 0 Å². The number of ether oxygens (including phenoxy) is 3. The zero-order chi connectivity index (χ0) is 31.6. The van der Waals surface area contributed by atoms with Gasteiger partial charge in [-0.15, -0.1) is 0 Å². The number of unbranched alkanes of at least 4 members (excludes halogenated alkanes) is 14. The lowest BCUT2D eigenvalue weighted by atomic mass is 10.00. The third kappa shape index (κ3) is 14.2. The molecule has 3 heterocycles. The Hall–Kier alpha value is -0.990. The van der Waals surface area contributed by atoms with Crippen LogP contribution in [0.3, 0.4) is 0 Å². The molecule has 3 aliphatic heterocycles. The molecule has 3 N–H and O–H groups in total. The molecular formula is C37H66O7. The highest BCUT2D eigenvalue weighted by atomic mass is 16.6. The van der Waals surface area contributed by atoms with Crippen LogP contribution in [0.4, 0.5) is 0 Å². The molecule has 7 nitrogen and oxygen atoms in total. The smallest absolute Gasteiger partial charge is 0.334 e. The zero-order valence-electron chi connectivity index (χ0n) is 28.1. The molecule has 2 fully saturated rings.